The molecule has 0 aromatic heterocycles. The van der Waals surface area contributed by atoms with E-state index in [9.17, 15) is 34.8 Å². The largest absolute Gasteiger partial charge is 0.302 e. The number of nitrogens with one attached hydrogen (secondary N) is 2. The van der Waals surface area contributed by atoms with E-state index < -0.39 is 55.5 Å². The number of hydrazine groups is 1. The molecule has 4 nitrogen and oxygen atoms in total. The monoisotopic (exact) mass is 356 g/mol. The van der Waals surface area contributed by atoms with Gasteiger partial charge in [-0.2, -0.15) is 0 Å². The Balaban J connectivity index is 2.33. The van der Waals surface area contributed by atoms with Crippen LogP contribution in [0.25, 0.3) is 0 Å². The molecular formula is C12H6F6N2O2S. The smallest absolute Gasteiger partial charge is 0.257 e. The van der Waals surface area contributed by atoms with Crippen LogP contribution in [0, 0.1) is 34.9 Å². The summed E-state index contributed by atoms with van der Waals surface area (Å²) in [5.41, 5.74) is -0.162. The lowest BCUT2D eigenvalue weighted by Gasteiger charge is -2.12. The summed E-state index contributed by atoms with van der Waals surface area (Å²) in [5.74, 6) is -12.1. The highest BCUT2D eigenvalue weighted by Gasteiger charge is 2.26. The predicted molar refractivity (Wildman–Crippen MR) is 66.6 cm³/mol. The zero-order valence-corrected chi connectivity index (χ0v) is 11.6. The molecule has 0 fully saturated rings. The second-order valence-electron chi connectivity index (χ2n) is 4.13. The first kappa shape index (κ1) is 17.1. The molecule has 2 rings (SSSR count). The molecule has 0 unspecified atom stereocenters. The number of hydrogen-bond donors (Lipinski definition) is 2. The average Bonchev–Trinajstić information content (AvgIpc) is 2.51. The van der Waals surface area contributed by atoms with Crippen molar-refractivity contribution >= 4 is 15.7 Å². The third kappa shape index (κ3) is 3.24. The van der Waals surface area contributed by atoms with Crippen LogP contribution in [-0.4, -0.2) is 8.42 Å². The van der Waals surface area contributed by atoms with Gasteiger partial charge in [0.1, 0.15) is 11.5 Å². The quantitative estimate of drug-likeness (QED) is 0.383. The minimum atomic E-state index is -4.44. The fraction of sp³-hybridized carbons (Fsp3) is 0. The van der Waals surface area contributed by atoms with E-state index in [1.54, 1.807) is 0 Å². The van der Waals surface area contributed by atoms with Gasteiger partial charge in [-0.3, -0.25) is 0 Å². The zero-order valence-electron chi connectivity index (χ0n) is 10.8. The third-order valence-corrected chi connectivity index (χ3v) is 3.91. The summed E-state index contributed by atoms with van der Waals surface area (Å²) in [7, 11) is -4.44. The maximum absolute atomic E-state index is 13.4. The Morgan fingerprint density at radius 1 is 0.696 bits per heavy atom. The summed E-state index contributed by atoms with van der Waals surface area (Å²) in [4.78, 5) is 0.926. The summed E-state index contributed by atoms with van der Waals surface area (Å²) < 4.78 is 102. The number of halogens is 6. The van der Waals surface area contributed by atoms with Gasteiger partial charge in [-0.25, -0.2) is 34.8 Å². The normalized spacial score (nSPS) is 11.6. The molecule has 0 spiro atoms. The van der Waals surface area contributed by atoms with Gasteiger partial charge in [-0.05, 0) is 24.3 Å². The molecule has 0 radical (unpaired) electrons. The maximum atomic E-state index is 13.4. The van der Waals surface area contributed by atoms with Crippen LogP contribution in [0.4, 0.5) is 32.0 Å². The number of sulfonamides is 1. The van der Waals surface area contributed by atoms with Crippen LogP contribution in [0.3, 0.4) is 0 Å². The predicted octanol–water partition coefficient (Wildman–Crippen LogP) is 2.83. The molecule has 2 aromatic rings. The van der Waals surface area contributed by atoms with Crippen molar-refractivity contribution in [2.45, 2.75) is 4.90 Å². The van der Waals surface area contributed by atoms with Crippen molar-refractivity contribution in [1.29, 1.82) is 0 Å². The van der Waals surface area contributed by atoms with Gasteiger partial charge < -0.3 is 5.43 Å². The Bertz CT molecular complexity index is 826. The van der Waals surface area contributed by atoms with Crippen LogP contribution < -0.4 is 10.3 Å². The second-order valence-corrected chi connectivity index (χ2v) is 5.81. The van der Waals surface area contributed by atoms with Crippen molar-refractivity contribution in [3.8, 4) is 0 Å². The van der Waals surface area contributed by atoms with Crippen molar-refractivity contribution in [2.75, 3.05) is 5.43 Å². The standard InChI is InChI=1S/C12H6F6N2O2S/c13-5-1-3-6(4-2-5)23(21,22)20-19-12-10(17)8(15)7(14)9(16)11(12)18/h1-4,19-20H. The van der Waals surface area contributed by atoms with Crippen molar-refractivity contribution in [2.24, 2.45) is 0 Å². The maximum Gasteiger partial charge on any atom is 0.257 e. The first-order valence-corrected chi connectivity index (χ1v) is 7.18. The molecule has 0 aliphatic heterocycles. The van der Waals surface area contributed by atoms with Crippen LogP contribution in [0.5, 0.6) is 0 Å². The van der Waals surface area contributed by atoms with Crippen LogP contribution in [0.2, 0.25) is 0 Å². The fourth-order valence-corrected chi connectivity index (χ4v) is 2.35. The molecule has 11 heteroatoms. The molecule has 0 saturated carbocycles. The molecule has 0 heterocycles. The topological polar surface area (TPSA) is 58.2 Å². The highest BCUT2D eigenvalue weighted by Crippen LogP contribution is 2.26. The van der Waals surface area contributed by atoms with E-state index in [2.05, 4.69) is 0 Å². The Labute approximate surface area is 125 Å². The van der Waals surface area contributed by atoms with Crippen LogP contribution in [0.15, 0.2) is 29.2 Å². The van der Waals surface area contributed by atoms with Crippen LogP contribution in [-0.2, 0) is 10.0 Å². The fourth-order valence-electron chi connectivity index (χ4n) is 1.51. The number of benzene rings is 2. The Morgan fingerprint density at radius 2 is 1.13 bits per heavy atom. The Kier molecular flexibility index (Phi) is 4.52. The summed E-state index contributed by atoms with van der Waals surface area (Å²) in [6.07, 6.45) is 0. The molecule has 23 heavy (non-hydrogen) atoms. The van der Waals surface area contributed by atoms with E-state index in [0.717, 1.165) is 24.3 Å². The average molecular weight is 356 g/mol. The van der Waals surface area contributed by atoms with Crippen LogP contribution >= 0.6 is 0 Å². The lowest BCUT2D eigenvalue weighted by Crippen LogP contribution is -2.31. The Morgan fingerprint density at radius 3 is 1.61 bits per heavy atom. The lowest BCUT2D eigenvalue weighted by molar-refractivity contribution is 0.381. The van der Waals surface area contributed by atoms with Gasteiger partial charge in [0.05, 0.1) is 4.90 Å². The highest BCUT2D eigenvalue weighted by molar-refractivity contribution is 7.89. The second kappa shape index (κ2) is 6.08. The van der Waals surface area contributed by atoms with Gasteiger partial charge in [-0.15, -0.1) is 4.83 Å². The lowest BCUT2D eigenvalue weighted by atomic mass is 10.2. The molecule has 0 aliphatic rings. The van der Waals surface area contributed by atoms with Crippen molar-refractivity contribution in [3.05, 3.63) is 59.2 Å². The van der Waals surface area contributed by atoms with Crippen LogP contribution in [0.1, 0.15) is 0 Å². The number of hydrogen-bond acceptors (Lipinski definition) is 3. The summed E-state index contributed by atoms with van der Waals surface area (Å²) in [6, 6.07) is 3.26. The molecule has 0 aliphatic carbocycles. The van der Waals surface area contributed by atoms with Crippen molar-refractivity contribution < 1.29 is 34.8 Å². The van der Waals surface area contributed by atoms with E-state index in [-0.39, 0.29) is 0 Å². The van der Waals surface area contributed by atoms with Gasteiger partial charge >= 0.3 is 0 Å². The van der Waals surface area contributed by atoms with Gasteiger partial charge in [0.25, 0.3) is 10.0 Å². The third-order valence-electron chi connectivity index (χ3n) is 2.64. The first-order chi connectivity index (χ1) is 10.6. The number of rotatable bonds is 4. The molecule has 0 amide bonds. The minimum Gasteiger partial charge on any atom is -0.302 e. The molecule has 2 aromatic carbocycles. The van der Waals surface area contributed by atoms with E-state index in [0.29, 0.717) is 0 Å². The Hall–Kier alpha value is -2.27. The minimum absolute atomic E-state index is 0.504. The first-order valence-electron chi connectivity index (χ1n) is 5.70. The van der Waals surface area contributed by atoms with Gasteiger partial charge in [0.15, 0.2) is 23.3 Å². The summed E-state index contributed by atoms with van der Waals surface area (Å²) in [5, 5.41) is 0. The van der Waals surface area contributed by atoms with Gasteiger partial charge in [-0.1, -0.05) is 0 Å². The van der Waals surface area contributed by atoms with Gasteiger partial charge in [0, 0.05) is 0 Å². The highest BCUT2D eigenvalue weighted by atomic mass is 32.2. The van der Waals surface area contributed by atoms with E-state index in [4.69, 9.17) is 0 Å². The molecular weight excluding hydrogens is 350 g/mol. The molecule has 2 N–H and O–H groups in total. The SMILES string of the molecule is O=S(=O)(NNc1c(F)c(F)c(F)c(F)c1F)c1ccc(F)cc1. The molecule has 0 saturated heterocycles. The number of anilines is 1. The molecule has 124 valence electrons. The molecule has 0 atom stereocenters. The van der Waals surface area contributed by atoms with Crippen molar-refractivity contribution in [3.63, 3.8) is 0 Å². The molecule has 0 bridgehead atoms. The van der Waals surface area contributed by atoms with Gasteiger partial charge in [0.2, 0.25) is 5.82 Å². The van der Waals surface area contributed by atoms with E-state index in [1.165, 1.54) is 10.3 Å². The summed E-state index contributed by atoms with van der Waals surface area (Å²) >= 11 is 0. The van der Waals surface area contributed by atoms with E-state index >= 15 is 0 Å². The zero-order chi connectivity index (χ0) is 17.4. The van der Waals surface area contributed by atoms with E-state index in [1.807, 2.05) is 0 Å². The van der Waals surface area contributed by atoms with Crippen molar-refractivity contribution in [1.82, 2.24) is 4.83 Å². The summed E-state index contributed by atoms with van der Waals surface area (Å²) in [6.45, 7) is 0.